The fraction of sp³-hybridized carbons (Fsp3) is 0.316. The van der Waals surface area contributed by atoms with Crippen molar-refractivity contribution in [2.45, 2.75) is 19.3 Å². The van der Waals surface area contributed by atoms with Gasteiger partial charge in [-0.3, -0.25) is 4.79 Å². The molecular weight excluding hydrogens is 438 g/mol. The summed E-state index contributed by atoms with van der Waals surface area (Å²) in [6.45, 7) is 0. The van der Waals surface area contributed by atoms with Gasteiger partial charge in [-0.25, -0.2) is 0 Å². The number of fused-ring (bicyclic) bond motifs is 1. The summed E-state index contributed by atoms with van der Waals surface area (Å²) in [5.74, 6) is 1.81. The Morgan fingerprint density at radius 2 is 1.83 bits per heavy atom. The van der Waals surface area contributed by atoms with Gasteiger partial charge in [-0.2, -0.15) is 11.8 Å². The van der Waals surface area contributed by atoms with Gasteiger partial charge in [0.05, 0.1) is 6.42 Å². The van der Waals surface area contributed by atoms with E-state index >= 15 is 0 Å². The average molecular weight is 460 g/mol. The average Bonchev–Trinajstić information content (AvgIpc) is 3.42. The number of nitrogens with two attached hydrogens (primary N) is 1. The fourth-order valence-electron chi connectivity index (χ4n) is 3.10. The number of benzene rings is 1. The van der Waals surface area contributed by atoms with E-state index in [1.54, 1.807) is 0 Å². The highest BCUT2D eigenvalue weighted by atomic mass is 32.2. The molecule has 0 fully saturated rings. The summed E-state index contributed by atoms with van der Waals surface area (Å²) in [4.78, 5) is 12.5. The second-order valence-electron chi connectivity index (χ2n) is 6.65. The van der Waals surface area contributed by atoms with Crippen molar-refractivity contribution in [3.63, 3.8) is 0 Å². The minimum atomic E-state index is -0.0836. The van der Waals surface area contributed by atoms with E-state index in [4.69, 9.17) is 5.73 Å². The second kappa shape index (κ2) is 9.54. The van der Waals surface area contributed by atoms with Crippen LogP contribution in [0.1, 0.15) is 15.6 Å². The lowest BCUT2D eigenvalue weighted by atomic mass is 10.1. The number of aromatic nitrogens is 5. The first-order valence-electron chi connectivity index (χ1n) is 9.39. The highest BCUT2D eigenvalue weighted by molar-refractivity contribution is 7.99. The summed E-state index contributed by atoms with van der Waals surface area (Å²) in [6, 6.07) is 8.08. The Balaban J connectivity index is 1.23. The third-order valence-electron chi connectivity index (χ3n) is 4.45. The van der Waals surface area contributed by atoms with Gasteiger partial charge in [0.2, 0.25) is 16.2 Å². The number of carbonyl (C=O) groups is 1. The summed E-state index contributed by atoms with van der Waals surface area (Å²) >= 11 is 4.69. The van der Waals surface area contributed by atoms with E-state index in [-0.39, 0.29) is 5.91 Å². The largest absolute Gasteiger partial charge is 0.374 e. The van der Waals surface area contributed by atoms with E-state index in [0.29, 0.717) is 16.7 Å². The molecule has 3 heterocycles. The zero-order chi connectivity index (χ0) is 20.9. The van der Waals surface area contributed by atoms with Gasteiger partial charge in [-0.05, 0) is 23.1 Å². The molecule has 0 saturated carbocycles. The van der Waals surface area contributed by atoms with E-state index < -0.39 is 0 Å². The van der Waals surface area contributed by atoms with E-state index in [1.165, 1.54) is 22.7 Å². The van der Waals surface area contributed by atoms with E-state index in [9.17, 15) is 4.79 Å². The van der Waals surface area contributed by atoms with E-state index in [0.717, 1.165) is 50.8 Å². The quantitative estimate of drug-likeness (QED) is 0.370. The monoisotopic (exact) mass is 459 g/mol. The van der Waals surface area contributed by atoms with Crippen molar-refractivity contribution in [1.29, 1.82) is 0 Å². The summed E-state index contributed by atoms with van der Waals surface area (Å²) in [5, 5.41) is 23.0. The molecule has 8 nitrogen and oxygen atoms in total. The van der Waals surface area contributed by atoms with Gasteiger partial charge >= 0.3 is 0 Å². The van der Waals surface area contributed by atoms with Gasteiger partial charge in [0.1, 0.15) is 10.0 Å². The second-order valence-corrected chi connectivity index (χ2v) is 10.0. The number of nitrogens with one attached hydrogen (secondary N) is 1. The van der Waals surface area contributed by atoms with Crippen LogP contribution >= 0.6 is 34.4 Å². The molecule has 0 bridgehead atoms. The number of amides is 1. The molecule has 0 atom stereocenters. The number of carbonyl (C=O) groups excluding carboxylic acids is 1. The zero-order valence-electron chi connectivity index (χ0n) is 16.4. The molecule has 30 heavy (non-hydrogen) atoms. The molecule has 0 radical (unpaired) electrons. The third kappa shape index (κ3) is 5.15. The Kier molecular flexibility index (Phi) is 6.60. The number of anilines is 2. The lowest BCUT2D eigenvalue weighted by molar-refractivity contribution is -0.115. The molecule has 0 unspecified atom stereocenters. The molecule has 1 aromatic carbocycles. The van der Waals surface area contributed by atoms with Crippen LogP contribution in [0.2, 0.25) is 0 Å². The van der Waals surface area contributed by atoms with Crippen LogP contribution in [0.5, 0.6) is 0 Å². The molecule has 1 amide bonds. The lowest BCUT2D eigenvalue weighted by Crippen LogP contribution is -2.14. The van der Waals surface area contributed by atoms with Crippen LogP contribution in [0.25, 0.3) is 10.9 Å². The maximum atomic E-state index is 12.5. The van der Waals surface area contributed by atoms with Crippen LogP contribution in [-0.4, -0.2) is 42.4 Å². The molecule has 0 aliphatic rings. The Hall–Kier alpha value is -2.50. The Morgan fingerprint density at radius 1 is 1.10 bits per heavy atom. The molecular formula is C19H21N7OS3. The van der Waals surface area contributed by atoms with Crippen LogP contribution < -0.4 is 11.1 Å². The van der Waals surface area contributed by atoms with Crippen LogP contribution in [-0.2, 0) is 31.1 Å². The van der Waals surface area contributed by atoms with E-state index in [1.807, 2.05) is 47.8 Å². The van der Waals surface area contributed by atoms with Crippen LogP contribution in [0.4, 0.5) is 10.3 Å². The SMILES string of the molecule is Cn1cc(CC(=O)Nc2nnc(CCSCCc3nnc(N)s3)s2)c2ccccc21. The summed E-state index contributed by atoms with van der Waals surface area (Å²) in [7, 11) is 1.99. The van der Waals surface area contributed by atoms with Crippen LogP contribution in [0.15, 0.2) is 30.5 Å². The Morgan fingerprint density at radius 3 is 2.60 bits per heavy atom. The number of nitrogens with zero attached hydrogens (tertiary/aromatic N) is 5. The van der Waals surface area contributed by atoms with Crippen molar-refractivity contribution in [3.8, 4) is 0 Å². The standard InChI is InChI=1S/C19H21N7OS3/c1-26-11-12(13-4-2-3-5-14(13)26)10-15(27)21-19-25-23-17(30-19)7-9-28-8-6-16-22-24-18(20)29-16/h2-5,11H,6-10H2,1H3,(H2,20,24)(H,21,25,27). The number of para-hydroxylation sites is 1. The number of aryl methyl sites for hydroxylation is 3. The molecule has 3 N–H and O–H groups in total. The van der Waals surface area contributed by atoms with Gasteiger partial charge in [0.25, 0.3) is 0 Å². The van der Waals surface area contributed by atoms with Crippen LogP contribution in [0.3, 0.4) is 0 Å². The topological polar surface area (TPSA) is 112 Å². The Labute approximate surface area is 185 Å². The summed E-state index contributed by atoms with van der Waals surface area (Å²) in [6.07, 6.45) is 4.00. The number of hydrogen-bond donors (Lipinski definition) is 2. The molecule has 4 rings (SSSR count). The molecule has 4 aromatic rings. The minimum absolute atomic E-state index is 0.0836. The summed E-state index contributed by atoms with van der Waals surface area (Å²) < 4.78 is 2.04. The molecule has 0 spiro atoms. The van der Waals surface area contributed by atoms with Crippen molar-refractivity contribution in [3.05, 3.63) is 46.0 Å². The van der Waals surface area contributed by atoms with Crippen molar-refractivity contribution >= 4 is 61.5 Å². The number of rotatable bonds is 9. The number of thioether (sulfide) groups is 1. The lowest BCUT2D eigenvalue weighted by Gasteiger charge is -2.00. The van der Waals surface area contributed by atoms with Gasteiger partial charge in [0.15, 0.2) is 0 Å². The normalized spacial score (nSPS) is 11.2. The van der Waals surface area contributed by atoms with Gasteiger partial charge in [-0.1, -0.05) is 40.9 Å². The minimum Gasteiger partial charge on any atom is -0.374 e. The summed E-state index contributed by atoms with van der Waals surface area (Å²) in [5.41, 5.74) is 7.70. The first-order valence-corrected chi connectivity index (χ1v) is 12.2. The molecule has 0 aliphatic heterocycles. The predicted molar refractivity (Wildman–Crippen MR) is 124 cm³/mol. The van der Waals surface area contributed by atoms with Crippen molar-refractivity contribution in [2.75, 3.05) is 22.6 Å². The van der Waals surface area contributed by atoms with E-state index in [2.05, 4.69) is 31.8 Å². The van der Waals surface area contributed by atoms with Crippen LogP contribution in [0, 0.1) is 0 Å². The van der Waals surface area contributed by atoms with Gasteiger partial charge in [0, 0.05) is 37.0 Å². The molecule has 0 saturated heterocycles. The van der Waals surface area contributed by atoms with Crippen molar-refractivity contribution in [2.24, 2.45) is 7.05 Å². The highest BCUT2D eigenvalue weighted by Crippen LogP contribution is 2.22. The number of nitrogen functional groups attached to an aromatic ring is 1. The highest BCUT2D eigenvalue weighted by Gasteiger charge is 2.13. The van der Waals surface area contributed by atoms with Crippen molar-refractivity contribution in [1.82, 2.24) is 25.0 Å². The third-order valence-corrected chi connectivity index (χ3v) is 7.14. The van der Waals surface area contributed by atoms with Gasteiger partial charge < -0.3 is 15.6 Å². The molecule has 3 aromatic heterocycles. The molecule has 0 aliphatic carbocycles. The fourth-order valence-corrected chi connectivity index (χ4v) is 5.60. The Bertz CT molecular complexity index is 1150. The zero-order valence-corrected chi connectivity index (χ0v) is 18.8. The first-order chi connectivity index (χ1) is 14.6. The van der Waals surface area contributed by atoms with Crippen molar-refractivity contribution < 1.29 is 4.79 Å². The first kappa shape index (κ1) is 20.8. The molecule has 11 heteroatoms. The van der Waals surface area contributed by atoms with Gasteiger partial charge in [-0.15, -0.1) is 20.4 Å². The molecule has 156 valence electrons. The maximum absolute atomic E-state index is 12.5. The number of hydrogen-bond acceptors (Lipinski definition) is 9. The smallest absolute Gasteiger partial charge is 0.230 e. The maximum Gasteiger partial charge on any atom is 0.230 e. The predicted octanol–water partition coefficient (Wildman–Crippen LogP) is 3.16.